The number of rotatable bonds is 5. The van der Waals surface area contributed by atoms with Crippen LogP contribution in [0.5, 0.6) is 0 Å². The van der Waals surface area contributed by atoms with Crippen LogP contribution in [-0.4, -0.2) is 36.9 Å². The fourth-order valence-corrected chi connectivity index (χ4v) is 2.37. The Morgan fingerprint density at radius 2 is 2.00 bits per heavy atom. The lowest BCUT2D eigenvalue weighted by Crippen LogP contribution is -2.20. The van der Waals surface area contributed by atoms with Gasteiger partial charge in [-0.15, -0.1) is 10.2 Å². The minimum absolute atomic E-state index is 0.0509. The largest absolute Gasteiger partial charge is 0.383 e. The maximum Gasteiger partial charge on any atom is 0.273 e. The maximum atomic E-state index is 13.3. The Balaban J connectivity index is 2.57. The molecule has 7 nitrogen and oxygen atoms in total. The van der Waals surface area contributed by atoms with Crippen molar-refractivity contribution in [2.75, 3.05) is 13.7 Å². The summed E-state index contributed by atoms with van der Waals surface area (Å²) < 4.78 is 55.2. The zero-order valence-corrected chi connectivity index (χ0v) is 11.8. The van der Waals surface area contributed by atoms with Crippen LogP contribution in [0.4, 0.5) is 8.78 Å². The third kappa shape index (κ3) is 3.23. The van der Waals surface area contributed by atoms with Crippen LogP contribution in [0.25, 0.3) is 11.4 Å². The van der Waals surface area contributed by atoms with E-state index in [9.17, 15) is 17.2 Å². The number of nitrogens with two attached hydrogens (primary N) is 1. The first-order valence-corrected chi connectivity index (χ1v) is 7.29. The van der Waals surface area contributed by atoms with E-state index < -0.39 is 26.8 Å². The highest BCUT2D eigenvalue weighted by Gasteiger charge is 2.22. The molecule has 0 amide bonds. The molecule has 2 rings (SSSR count). The summed E-state index contributed by atoms with van der Waals surface area (Å²) in [5.41, 5.74) is 0.174. The predicted octanol–water partition coefficient (Wildman–Crippen LogP) is 0.517. The Hall–Kier alpha value is -1.91. The lowest BCUT2D eigenvalue weighted by molar-refractivity contribution is 0.185. The van der Waals surface area contributed by atoms with Crippen molar-refractivity contribution in [2.45, 2.75) is 11.7 Å². The van der Waals surface area contributed by atoms with E-state index in [0.717, 1.165) is 12.1 Å². The molecule has 0 radical (unpaired) electrons. The predicted molar refractivity (Wildman–Crippen MR) is 68.6 cm³/mol. The van der Waals surface area contributed by atoms with Crippen LogP contribution >= 0.6 is 0 Å². The molecule has 0 bridgehead atoms. The zero-order valence-electron chi connectivity index (χ0n) is 11.0. The average molecular weight is 318 g/mol. The summed E-state index contributed by atoms with van der Waals surface area (Å²) in [5, 5.41) is 11.8. The maximum absolute atomic E-state index is 13.3. The zero-order chi connectivity index (χ0) is 15.6. The number of halogens is 2. The lowest BCUT2D eigenvalue weighted by Gasteiger charge is -2.08. The van der Waals surface area contributed by atoms with Crippen molar-refractivity contribution in [2.24, 2.45) is 5.14 Å². The molecule has 0 saturated heterocycles. The summed E-state index contributed by atoms with van der Waals surface area (Å²) in [6, 6.07) is 3.07. The first-order valence-electron chi connectivity index (χ1n) is 5.75. The molecular formula is C11H12F2N4O3S. The highest BCUT2D eigenvalue weighted by molar-refractivity contribution is 7.89. The van der Waals surface area contributed by atoms with Crippen molar-refractivity contribution in [1.29, 1.82) is 0 Å². The summed E-state index contributed by atoms with van der Waals surface area (Å²) in [6.45, 7) is 0.251. The van der Waals surface area contributed by atoms with Gasteiger partial charge < -0.3 is 4.74 Å². The van der Waals surface area contributed by atoms with Gasteiger partial charge in [-0.2, -0.15) is 0 Å². The van der Waals surface area contributed by atoms with Crippen LogP contribution in [0.2, 0.25) is 0 Å². The summed E-state index contributed by atoms with van der Waals surface area (Å²) >= 11 is 0. The van der Waals surface area contributed by atoms with Gasteiger partial charge in [0.2, 0.25) is 0 Å². The van der Waals surface area contributed by atoms with Gasteiger partial charge in [0.1, 0.15) is 0 Å². The molecule has 1 aromatic heterocycles. The molecule has 0 atom stereocenters. The van der Waals surface area contributed by atoms with Gasteiger partial charge >= 0.3 is 0 Å². The molecular weight excluding hydrogens is 306 g/mol. The summed E-state index contributed by atoms with van der Waals surface area (Å²) in [5.74, 6) is -2.05. The normalized spacial score (nSPS) is 11.8. The van der Waals surface area contributed by atoms with Crippen molar-refractivity contribution >= 4 is 10.0 Å². The van der Waals surface area contributed by atoms with E-state index in [1.807, 2.05) is 0 Å². The quantitative estimate of drug-likeness (QED) is 0.866. The van der Waals surface area contributed by atoms with Crippen molar-refractivity contribution < 1.29 is 21.9 Å². The van der Waals surface area contributed by atoms with Crippen molar-refractivity contribution in [3.63, 3.8) is 0 Å². The molecule has 114 valence electrons. The summed E-state index contributed by atoms with van der Waals surface area (Å²) in [7, 11) is -2.67. The summed E-state index contributed by atoms with van der Waals surface area (Å²) in [4.78, 5) is 0. The molecule has 0 aliphatic rings. The molecule has 2 N–H and O–H groups in total. The molecule has 0 aliphatic heterocycles. The van der Waals surface area contributed by atoms with Gasteiger partial charge in [0.05, 0.1) is 13.2 Å². The van der Waals surface area contributed by atoms with Crippen molar-refractivity contribution in [3.8, 4) is 11.4 Å². The van der Waals surface area contributed by atoms with Gasteiger partial charge in [-0.05, 0) is 18.2 Å². The third-order valence-corrected chi connectivity index (χ3v) is 3.48. The van der Waals surface area contributed by atoms with Crippen molar-refractivity contribution in [3.05, 3.63) is 29.8 Å². The molecule has 21 heavy (non-hydrogen) atoms. The van der Waals surface area contributed by atoms with E-state index in [1.165, 1.54) is 17.7 Å². The second kappa shape index (κ2) is 5.84. The van der Waals surface area contributed by atoms with Crippen LogP contribution in [0.15, 0.2) is 23.4 Å². The van der Waals surface area contributed by atoms with Gasteiger partial charge in [0.25, 0.3) is 15.2 Å². The van der Waals surface area contributed by atoms with Gasteiger partial charge in [-0.3, -0.25) is 4.57 Å². The first kappa shape index (κ1) is 15.5. The van der Waals surface area contributed by atoms with E-state index >= 15 is 0 Å². The van der Waals surface area contributed by atoms with Gasteiger partial charge in [-0.1, -0.05) is 0 Å². The van der Waals surface area contributed by atoms with Crippen LogP contribution in [0.3, 0.4) is 0 Å². The van der Waals surface area contributed by atoms with Gasteiger partial charge in [0, 0.05) is 12.7 Å². The number of ether oxygens (including phenoxy) is 1. The van der Waals surface area contributed by atoms with Gasteiger partial charge in [0.15, 0.2) is 17.5 Å². The third-order valence-electron chi connectivity index (χ3n) is 2.67. The fourth-order valence-electron chi connectivity index (χ4n) is 1.73. The fraction of sp³-hybridized carbons (Fsp3) is 0.273. The number of methoxy groups -OCH3 is 1. The van der Waals surface area contributed by atoms with Crippen LogP contribution in [0.1, 0.15) is 0 Å². The standard InChI is InChI=1S/C11H12F2N4O3S/c1-20-5-4-17-10(15-16-11(17)21(14,18)19)7-2-3-8(12)9(13)6-7/h2-3,6H,4-5H2,1H3,(H2,14,18,19). The minimum atomic E-state index is -4.10. The number of aromatic nitrogens is 3. The number of nitrogens with zero attached hydrogens (tertiary/aromatic N) is 3. The van der Waals surface area contributed by atoms with E-state index in [4.69, 9.17) is 9.88 Å². The monoisotopic (exact) mass is 318 g/mol. The molecule has 10 heteroatoms. The average Bonchev–Trinajstić information content (AvgIpc) is 2.83. The number of primary sulfonamides is 1. The molecule has 1 heterocycles. The second-order valence-corrected chi connectivity index (χ2v) is 5.58. The molecule has 0 spiro atoms. The molecule has 2 aromatic rings. The highest BCUT2D eigenvalue weighted by atomic mass is 32.2. The first-order chi connectivity index (χ1) is 9.84. The topological polar surface area (TPSA) is 100 Å². The highest BCUT2D eigenvalue weighted by Crippen LogP contribution is 2.22. The Morgan fingerprint density at radius 3 is 2.57 bits per heavy atom. The Kier molecular flexibility index (Phi) is 4.30. The second-order valence-electron chi connectivity index (χ2n) is 4.12. The van der Waals surface area contributed by atoms with E-state index in [2.05, 4.69) is 10.2 Å². The van der Waals surface area contributed by atoms with E-state index in [-0.39, 0.29) is 24.5 Å². The van der Waals surface area contributed by atoms with E-state index in [1.54, 1.807) is 0 Å². The van der Waals surface area contributed by atoms with Crippen LogP contribution in [-0.2, 0) is 21.3 Å². The molecule has 0 saturated carbocycles. The Labute approximate surface area is 119 Å². The van der Waals surface area contributed by atoms with Crippen molar-refractivity contribution in [1.82, 2.24) is 14.8 Å². The van der Waals surface area contributed by atoms with Crippen LogP contribution in [0, 0.1) is 11.6 Å². The summed E-state index contributed by atoms with van der Waals surface area (Å²) in [6.07, 6.45) is 0. The number of hydrogen-bond donors (Lipinski definition) is 1. The van der Waals surface area contributed by atoms with E-state index in [0.29, 0.717) is 0 Å². The Morgan fingerprint density at radius 1 is 1.29 bits per heavy atom. The van der Waals surface area contributed by atoms with Gasteiger partial charge in [-0.25, -0.2) is 22.3 Å². The number of hydrogen-bond acceptors (Lipinski definition) is 5. The molecule has 0 unspecified atom stereocenters. The Bertz CT molecular complexity index is 761. The smallest absolute Gasteiger partial charge is 0.273 e. The molecule has 0 aliphatic carbocycles. The number of sulfonamides is 1. The van der Waals surface area contributed by atoms with Crippen LogP contribution < -0.4 is 5.14 Å². The molecule has 0 fully saturated rings. The lowest BCUT2D eigenvalue weighted by atomic mass is 10.2. The number of benzene rings is 1. The molecule has 1 aromatic carbocycles. The SMILES string of the molecule is COCCn1c(-c2ccc(F)c(F)c2)nnc1S(N)(=O)=O. The minimum Gasteiger partial charge on any atom is -0.383 e.